The van der Waals surface area contributed by atoms with E-state index in [1.54, 1.807) is 6.07 Å². The van der Waals surface area contributed by atoms with Gasteiger partial charge in [0.1, 0.15) is 5.75 Å². The first-order valence-corrected chi connectivity index (χ1v) is 8.18. The number of rotatable bonds is 2. The van der Waals surface area contributed by atoms with E-state index in [2.05, 4.69) is 24.3 Å². The molecule has 0 aromatic heterocycles. The Morgan fingerprint density at radius 2 is 1.29 bits per heavy atom. The SMILES string of the molecule is Oc1cc(-c2ccccc2)c(-c2ccccc2)c2cccc(Cl)c12. The van der Waals surface area contributed by atoms with Gasteiger partial charge in [-0.2, -0.15) is 0 Å². The van der Waals surface area contributed by atoms with Crippen LogP contribution < -0.4 is 0 Å². The van der Waals surface area contributed by atoms with Crippen molar-refractivity contribution in [1.29, 1.82) is 0 Å². The number of aromatic hydroxyl groups is 1. The van der Waals surface area contributed by atoms with E-state index in [4.69, 9.17) is 11.6 Å². The molecule has 116 valence electrons. The van der Waals surface area contributed by atoms with Crippen molar-refractivity contribution in [3.63, 3.8) is 0 Å². The van der Waals surface area contributed by atoms with Gasteiger partial charge in [0, 0.05) is 5.39 Å². The van der Waals surface area contributed by atoms with E-state index in [1.165, 1.54) is 0 Å². The quantitative estimate of drug-likeness (QED) is 0.443. The molecule has 0 spiro atoms. The molecule has 4 rings (SSSR count). The van der Waals surface area contributed by atoms with Crippen LogP contribution in [-0.2, 0) is 0 Å². The molecule has 24 heavy (non-hydrogen) atoms. The molecule has 0 heterocycles. The van der Waals surface area contributed by atoms with E-state index >= 15 is 0 Å². The lowest BCUT2D eigenvalue weighted by Gasteiger charge is -2.16. The van der Waals surface area contributed by atoms with Crippen LogP contribution in [0.1, 0.15) is 0 Å². The minimum Gasteiger partial charge on any atom is -0.507 e. The third kappa shape index (κ3) is 2.44. The maximum absolute atomic E-state index is 10.6. The highest BCUT2D eigenvalue weighted by Gasteiger charge is 2.16. The smallest absolute Gasteiger partial charge is 0.125 e. The Labute approximate surface area is 145 Å². The Morgan fingerprint density at radius 3 is 1.96 bits per heavy atom. The zero-order valence-corrected chi connectivity index (χ0v) is 13.7. The van der Waals surface area contributed by atoms with Gasteiger partial charge in [0.25, 0.3) is 0 Å². The average Bonchev–Trinajstić information content (AvgIpc) is 2.63. The molecule has 1 nitrogen and oxygen atoms in total. The lowest BCUT2D eigenvalue weighted by atomic mass is 9.89. The molecule has 0 saturated carbocycles. The van der Waals surface area contributed by atoms with Crippen LogP contribution in [0.25, 0.3) is 33.0 Å². The molecule has 0 aliphatic carbocycles. The van der Waals surface area contributed by atoms with Gasteiger partial charge in [-0.1, -0.05) is 84.4 Å². The third-order valence-electron chi connectivity index (χ3n) is 4.24. The first-order chi connectivity index (χ1) is 11.8. The Balaban J connectivity index is 2.17. The van der Waals surface area contributed by atoms with E-state index in [-0.39, 0.29) is 5.75 Å². The predicted molar refractivity (Wildman–Crippen MR) is 101 cm³/mol. The van der Waals surface area contributed by atoms with Gasteiger partial charge in [-0.05, 0) is 39.8 Å². The maximum atomic E-state index is 10.6. The summed E-state index contributed by atoms with van der Waals surface area (Å²) in [6.07, 6.45) is 0. The molecule has 0 unspecified atom stereocenters. The molecule has 0 amide bonds. The Kier molecular flexibility index (Phi) is 3.72. The predicted octanol–water partition coefficient (Wildman–Crippen LogP) is 6.53. The third-order valence-corrected chi connectivity index (χ3v) is 4.55. The van der Waals surface area contributed by atoms with Gasteiger partial charge >= 0.3 is 0 Å². The van der Waals surface area contributed by atoms with Gasteiger partial charge in [-0.25, -0.2) is 0 Å². The highest BCUT2D eigenvalue weighted by molar-refractivity contribution is 6.36. The van der Waals surface area contributed by atoms with Crippen LogP contribution in [0, 0.1) is 0 Å². The fraction of sp³-hybridized carbons (Fsp3) is 0. The minimum atomic E-state index is 0.203. The van der Waals surface area contributed by atoms with Gasteiger partial charge < -0.3 is 5.11 Å². The Hall–Kier alpha value is -2.77. The largest absolute Gasteiger partial charge is 0.507 e. The summed E-state index contributed by atoms with van der Waals surface area (Å²) in [7, 11) is 0. The van der Waals surface area contributed by atoms with Gasteiger partial charge in [-0.3, -0.25) is 0 Å². The van der Waals surface area contributed by atoms with Gasteiger partial charge in [0.2, 0.25) is 0 Å². The minimum absolute atomic E-state index is 0.203. The molecule has 0 aliphatic rings. The van der Waals surface area contributed by atoms with Crippen LogP contribution in [0.5, 0.6) is 5.75 Å². The molecule has 0 atom stereocenters. The second-order valence-corrected chi connectivity index (χ2v) is 6.12. The Morgan fingerprint density at radius 1 is 0.667 bits per heavy atom. The van der Waals surface area contributed by atoms with Crippen molar-refractivity contribution >= 4 is 22.4 Å². The zero-order valence-electron chi connectivity index (χ0n) is 12.9. The number of hydrogen-bond acceptors (Lipinski definition) is 1. The fourth-order valence-electron chi connectivity index (χ4n) is 3.18. The molecule has 0 aliphatic heterocycles. The molecule has 0 bridgehead atoms. The number of benzene rings is 4. The number of fused-ring (bicyclic) bond motifs is 1. The molecule has 2 heteroatoms. The molecule has 0 radical (unpaired) electrons. The van der Waals surface area contributed by atoms with Gasteiger partial charge in [-0.15, -0.1) is 0 Å². The Bertz CT molecular complexity index is 1010. The first-order valence-electron chi connectivity index (χ1n) is 7.81. The average molecular weight is 331 g/mol. The van der Waals surface area contributed by atoms with Crippen molar-refractivity contribution in [2.24, 2.45) is 0 Å². The second-order valence-electron chi connectivity index (χ2n) is 5.71. The molecule has 4 aromatic carbocycles. The molecule has 0 fully saturated rings. The summed E-state index contributed by atoms with van der Waals surface area (Å²) in [5, 5.41) is 12.8. The fourth-order valence-corrected chi connectivity index (χ4v) is 3.45. The summed E-state index contributed by atoms with van der Waals surface area (Å²) in [5.41, 5.74) is 4.24. The highest BCUT2D eigenvalue weighted by Crippen LogP contribution is 2.44. The summed E-state index contributed by atoms with van der Waals surface area (Å²) < 4.78 is 0. The molecular formula is C22H15ClO. The number of hydrogen-bond donors (Lipinski definition) is 1. The van der Waals surface area contributed by atoms with Crippen molar-refractivity contribution in [2.45, 2.75) is 0 Å². The van der Waals surface area contributed by atoms with Crippen molar-refractivity contribution in [3.05, 3.63) is 90.0 Å². The summed E-state index contributed by atoms with van der Waals surface area (Å²) in [5.74, 6) is 0.203. The molecular weight excluding hydrogens is 316 g/mol. The topological polar surface area (TPSA) is 20.2 Å². The maximum Gasteiger partial charge on any atom is 0.125 e. The molecule has 4 aromatic rings. The van der Waals surface area contributed by atoms with Crippen LogP contribution in [0.3, 0.4) is 0 Å². The summed E-state index contributed by atoms with van der Waals surface area (Å²) in [4.78, 5) is 0. The van der Waals surface area contributed by atoms with E-state index in [1.807, 2.05) is 54.6 Å². The van der Waals surface area contributed by atoms with E-state index in [0.717, 1.165) is 27.6 Å². The summed E-state index contributed by atoms with van der Waals surface area (Å²) in [6, 6.07) is 27.9. The number of halogens is 1. The highest BCUT2D eigenvalue weighted by atomic mass is 35.5. The molecule has 0 saturated heterocycles. The van der Waals surface area contributed by atoms with Crippen molar-refractivity contribution in [2.75, 3.05) is 0 Å². The second kappa shape index (κ2) is 6.03. The number of phenolic OH excluding ortho intramolecular Hbond substituents is 1. The van der Waals surface area contributed by atoms with Crippen LogP contribution in [0.15, 0.2) is 84.9 Å². The summed E-state index contributed by atoms with van der Waals surface area (Å²) >= 11 is 6.36. The normalized spacial score (nSPS) is 10.9. The monoisotopic (exact) mass is 330 g/mol. The van der Waals surface area contributed by atoms with Crippen molar-refractivity contribution in [3.8, 4) is 28.0 Å². The first kappa shape index (κ1) is 14.8. The van der Waals surface area contributed by atoms with E-state index < -0.39 is 0 Å². The van der Waals surface area contributed by atoms with Gasteiger partial charge in [0.05, 0.1) is 5.02 Å². The van der Waals surface area contributed by atoms with Crippen molar-refractivity contribution < 1.29 is 5.11 Å². The zero-order chi connectivity index (χ0) is 16.5. The van der Waals surface area contributed by atoms with E-state index in [9.17, 15) is 5.11 Å². The van der Waals surface area contributed by atoms with E-state index in [0.29, 0.717) is 10.4 Å². The summed E-state index contributed by atoms with van der Waals surface area (Å²) in [6.45, 7) is 0. The van der Waals surface area contributed by atoms with Gasteiger partial charge in [0.15, 0.2) is 0 Å². The lowest BCUT2D eigenvalue weighted by molar-refractivity contribution is 0.482. The van der Waals surface area contributed by atoms with Crippen LogP contribution in [0.2, 0.25) is 5.02 Å². The van der Waals surface area contributed by atoms with Crippen molar-refractivity contribution in [1.82, 2.24) is 0 Å². The van der Waals surface area contributed by atoms with Crippen LogP contribution >= 0.6 is 11.6 Å². The van der Waals surface area contributed by atoms with Crippen LogP contribution in [-0.4, -0.2) is 5.11 Å². The lowest BCUT2D eigenvalue weighted by Crippen LogP contribution is -1.89. The molecule has 1 N–H and O–H groups in total. The van der Waals surface area contributed by atoms with Crippen LogP contribution in [0.4, 0.5) is 0 Å². The standard InChI is InChI=1S/C22H15ClO/c23-19-13-7-12-17-21(16-10-5-2-6-11-16)18(14-20(24)22(17)19)15-8-3-1-4-9-15/h1-14,24H. The number of phenols is 1.